The summed E-state index contributed by atoms with van der Waals surface area (Å²) >= 11 is 1.74. The normalized spacial score (nSPS) is 11.7. The van der Waals surface area contributed by atoms with Crippen molar-refractivity contribution < 1.29 is 14.7 Å². The van der Waals surface area contributed by atoms with Gasteiger partial charge in [-0.05, 0) is 43.0 Å². The number of hydrogen-bond acceptors (Lipinski definition) is 3. The number of nitrogens with one attached hydrogen (secondary N) is 2. The fourth-order valence-corrected chi connectivity index (χ4v) is 2.23. The Bertz CT molecular complexity index is 465. The van der Waals surface area contributed by atoms with Crippen molar-refractivity contribution in [2.45, 2.75) is 25.9 Å². The monoisotopic (exact) mass is 296 g/mol. The van der Waals surface area contributed by atoms with E-state index in [0.29, 0.717) is 6.54 Å². The van der Waals surface area contributed by atoms with Gasteiger partial charge in [0, 0.05) is 12.6 Å². The highest BCUT2D eigenvalue weighted by molar-refractivity contribution is 7.98. The van der Waals surface area contributed by atoms with Crippen LogP contribution in [0, 0.1) is 0 Å². The van der Waals surface area contributed by atoms with Gasteiger partial charge in [0.05, 0.1) is 5.56 Å². The minimum Gasteiger partial charge on any atom is -0.478 e. The SMILES string of the molecule is CSCCC(C)NC(=O)NCc1cccc(C(=O)O)c1. The van der Waals surface area contributed by atoms with Crippen LogP contribution in [-0.4, -0.2) is 35.2 Å². The highest BCUT2D eigenvalue weighted by Crippen LogP contribution is 2.05. The number of rotatable bonds is 7. The van der Waals surface area contributed by atoms with Crippen molar-refractivity contribution in [3.05, 3.63) is 35.4 Å². The maximum Gasteiger partial charge on any atom is 0.335 e. The molecule has 1 rings (SSSR count). The summed E-state index contributed by atoms with van der Waals surface area (Å²) in [5, 5.41) is 14.5. The summed E-state index contributed by atoms with van der Waals surface area (Å²) in [5.41, 5.74) is 0.981. The Morgan fingerprint density at radius 1 is 1.40 bits per heavy atom. The van der Waals surface area contributed by atoms with Gasteiger partial charge in [-0.1, -0.05) is 12.1 Å². The zero-order chi connectivity index (χ0) is 15.0. The van der Waals surface area contributed by atoms with E-state index in [2.05, 4.69) is 10.6 Å². The predicted molar refractivity (Wildman–Crippen MR) is 81.2 cm³/mol. The zero-order valence-corrected chi connectivity index (χ0v) is 12.5. The molecule has 1 aromatic carbocycles. The molecule has 0 saturated heterocycles. The molecule has 0 aliphatic heterocycles. The average molecular weight is 296 g/mol. The molecule has 1 aromatic rings. The third kappa shape index (κ3) is 5.97. The van der Waals surface area contributed by atoms with E-state index >= 15 is 0 Å². The van der Waals surface area contributed by atoms with Crippen molar-refractivity contribution in [2.24, 2.45) is 0 Å². The molecule has 110 valence electrons. The summed E-state index contributed by atoms with van der Waals surface area (Å²) in [6, 6.07) is 6.41. The number of carbonyl (C=O) groups excluding carboxylic acids is 1. The molecule has 0 aliphatic carbocycles. The van der Waals surface area contributed by atoms with E-state index in [1.807, 2.05) is 13.2 Å². The van der Waals surface area contributed by atoms with Crippen LogP contribution in [0.5, 0.6) is 0 Å². The number of aromatic carboxylic acids is 1. The topological polar surface area (TPSA) is 78.4 Å². The van der Waals surface area contributed by atoms with Crippen LogP contribution >= 0.6 is 11.8 Å². The van der Waals surface area contributed by atoms with Crippen molar-refractivity contribution in [2.75, 3.05) is 12.0 Å². The second-order valence-electron chi connectivity index (χ2n) is 4.52. The van der Waals surface area contributed by atoms with Gasteiger partial charge in [-0.2, -0.15) is 11.8 Å². The average Bonchev–Trinajstić information content (AvgIpc) is 2.43. The second kappa shape index (κ2) is 8.47. The molecule has 0 spiro atoms. The minimum atomic E-state index is -0.970. The van der Waals surface area contributed by atoms with Crippen molar-refractivity contribution in [1.82, 2.24) is 10.6 Å². The lowest BCUT2D eigenvalue weighted by Crippen LogP contribution is -2.40. The highest BCUT2D eigenvalue weighted by Gasteiger charge is 2.07. The fraction of sp³-hybridized carbons (Fsp3) is 0.429. The third-order valence-corrected chi connectivity index (χ3v) is 3.40. The smallest absolute Gasteiger partial charge is 0.335 e. The van der Waals surface area contributed by atoms with Crippen LogP contribution < -0.4 is 10.6 Å². The quantitative estimate of drug-likeness (QED) is 0.721. The molecule has 0 fully saturated rings. The number of carbonyl (C=O) groups is 2. The summed E-state index contributed by atoms with van der Waals surface area (Å²) in [5.74, 6) is 0.0317. The number of thioether (sulfide) groups is 1. The van der Waals surface area contributed by atoms with Crippen LogP contribution in [0.1, 0.15) is 29.3 Å². The van der Waals surface area contributed by atoms with Crippen LogP contribution in [0.15, 0.2) is 24.3 Å². The van der Waals surface area contributed by atoms with Gasteiger partial charge in [-0.3, -0.25) is 0 Å². The summed E-state index contributed by atoms with van der Waals surface area (Å²) in [6.07, 6.45) is 2.95. The van der Waals surface area contributed by atoms with Crippen molar-refractivity contribution in [1.29, 1.82) is 0 Å². The molecule has 0 radical (unpaired) electrons. The minimum absolute atomic E-state index is 0.118. The summed E-state index contributed by atoms with van der Waals surface area (Å²) in [7, 11) is 0. The molecule has 0 aromatic heterocycles. The van der Waals surface area contributed by atoms with Gasteiger partial charge >= 0.3 is 12.0 Å². The summed E-state index contributed by atoms with van der Waals surface area (Å²) in [6.45, 7) is 2.27. The highest BCUT2D eigenvalue weighted by atomic mass is 32.2. The first-order valence-electron chi connectivity index (χ1n) is 6.38. The Morgan fingerprint density at radius 2 is 2.15 bits per heavy atom. The number of benzene rings is 1. The van der Waals surface area contributed by atoms with Crippen molar-refractivity contribution in [3.63, 3.8) is 0 Å². The lowest BCUT2D eigenvalue weighted by molar-refractivity contribution is 0.0696. The molecule has 5 nitrogen and oxygen atoms in total. The number of urea groups is 1. The first kappa shape index (κ1) is 16.4. The first-order valence-corrected chi connectivity index (χ1v) is 7.78. The van der Waals surface area contributed by atoms with Gasteiger partial charge < -0.3 is 15.7 Å². The van der Waals surface area contributed by atoms with Crippen LogP contribution in [0.4, 0.5) is 4.79 Å². The molecule has 1 atom stereocenters. The van der Waals surface area contributed by atoms with Crippen molar-refractivity contribution in [3.8, 4) is 0 Å². The molecule has 0 saturated carbocycles. The van der Waals surface area contributed by atoms with E-state index in [-0.39, 0.29) is 17.6 Å². The molecule has 0 bridgehead atoms. The van der Waals surface area contributed by atoms with E-state index in [9.17, 15) is 9.59 Å². The van der Waals surface area contributed by atoms with Crippen LogP contribution in [0.3, 0.4) is 0 Å². The van der Waals surface area contributed by atoms with E-state index in [1.54, 1.807) is 30.0 Å². The van der Waals surface area contributed by atoms with Gasteiger partial charge in [0.1, 0.15) is 0 Å². The summed E-state index contributed by atoms with van der Waals surface area (Å²) in [4.78, 5) is 22.5. The number of hydrogen-bond donors (Lipinski definition) is 3. The van der Waals surface area contributed by atoms with Gasteiger partial charge in [-0.15, -0.1) is 0 Å². The van der Waals surface area contributed by atoms with E-state index in [4.69, 9.17) is 5.11 Å². The zero-order valence-electron chi connectivity index (χ0n) is 11.7. The lowest BCUT2D eigenvalue weighted by atomic mass is 10.1. The van der Waals surface area contributed by atoms with Gasteiger partial charge in [0.25, 0.3) is 0 Å². The Morgan fingerprint density at radius 3 is 2.80 bits per heavy atom. The number of amides is 2. The molecule has 1 unspecified atom stereocenters. The number of carboxylic acids is 1. The number of carboxylic acid groups (broad SMARTS) is 1. The van der Waals surface area contributed by atoms with E-state index < -0.39 is 5.97 Å². The predicted octanol–water partition coefficient (Wildman–Crippen LogP) is 2.33. The standard InChI is InChI=1S/C14H20N2O3S/c1-10(6-7-20-2)16-14(19)15-9-11-4-3-5-12(8-11)13(17)18/h3-5,8,10H,6-7,9H2,1-2H3,(H,17,18)(H2,15,16,19). The molecule has 2 amide bonds. The molecule has 0 aliphatic rings. The third-order valence-electron chi connectivity index (χ3n) is 2.76. The largest absolute Gasteiger partial charge is 0.478 e. The second-order valence-corrected chi connectivity index (χ2v) is 5.50. The van der Waals surface area contributed by atoms with E-state index in [0.717, 1.165) is 17.7 Å². The van der Waals surface area contributed by atoms with Gasteiger partial charge in [-0.25, -0.2) is 9.59 Å². The molecule has 0 heterocycles. The summed E-state index contributed by atoms with van der Waals surface area (Å²) < 4.78 is 0. The van der Waals surface area contributed by atoms with E-state index in [1.165, 1.54) is 6.07 Å². The van der Waals surface area contributed by atoms with Gasteiger partial charge in [0.15, 0.2) is 0 Å². The first-order chi connectivity index (χ1) is 9.52. The van der Waals surface area contributed by atoms with Crippen LogP contribution in [-0.2, 0) is 6.54 Å². The molecule has 3 N–H and O–H groups in total. The molecule has 20 heavy (non-hydrogen) atoms. The lowest BCUT2D eigenvalue weighted by Gasteiger charge is -2.14. The maximum absolute atomic E-state index is 11.7. The molecular formula is C14H20N2O3S. The Labute approximate surface area is 123 Å². The Kier molecular flexibility index (Phi) is 6.93. The van der Waals surface area contributed by atoms with Gasteiger partial charge in [0.2, 0.25) is 0 Å². The Balaban J connectivity index is 2.41. The van der Waals surface area contributed by atoms with Crippen LogP contribution in [0.25, 0.3) is 0 Å². The molecular weight excluding hydrogens is 276 g/mol. The fourth-order valence-electron chi connectivity index (χ4n) is 1.64. The van der Waals surface area contributed by atoms with Crippen molar-refractivity contribution >= 4 is 23.8 Å². The molecule has 6 heteroatoms. The Hall–Kier alpha value is -1.69. The maximum atomic E-state index is 11.7. The van der Waals surface area contributed by atoms with Crippen LogP contribution in [0.2, 0.25) is 0 Å².